The van der Waals surface area contributed by atoms with Gasteiger partial charge in [-0.2, -0.15) is 0 Å². The highest BCUT2D eigenvalue weighted by atomic mass is 35.5. The molecule has 0 aromatic heterocycles. The topological polar surface area (TPSA) is 54.0 Å². The third-order valence-corrected chi connectivity index (χ3v) is 6.31. The molecule has 2 heterocycles. The second-order valence-corrected chi connectivity index (χ2v) is 8.89. The van der Waals surface area contributed by atoms with E-state index in [9.17, 15) is 4.79 Å². The monoisotopic (exact) mass is 502 g/mol. The van der Waals surface area contributed by atoms with Gasteiger partial charge in [-0.05, 0) is 48.9 Å². The zero-order chi connectivity index (χ0) is 23.1. The lowest BCUT2D eigenvalue weighted by Crippen LogP contribution is -2.12. The summed E-state index contributed by atoms with van der Waals surface area (Å²) in [4.78, 5) is 13.1. The van der Waals surface area contributed by atoms with Crippen molar-refractivity contribution in [2.24, 2.45) is 0 Å². The molecule has 0 N–H and O–H groups in total. The van der Waals surface area contributed by atoms with Crippen LogP contribution in [0.3, 0.4) is 0 Å². The average molecular weight is 504 g/mol. The molecule has 0 bridgehead atoms. The molecular weight excluding hydrogens is 487 g/mol. The number of ether oxygens (including phenoxy) is 4. The molecule has 3 aromatic rings. The van der Waals surface area contributed by atoms with Crippen LogP contribution in [0.15, 0.2) is 48.2 Å². The molecule has 168 valence electrons. The SMILES string of the molecule is Cc1cc(OCc2c(Cl)cccc2Cl)cc2c1C(=O)/C(=C/c1cc(Cl)cc3c1OCOC3)O2. The van der Waals surface area contributed by atoms with Crippen LogP contribution in [0.1, 0.15) is 32.6 Å². The van der Waals surface area contributed by atoms with Gasteiger partial charge in [0.15, 0.2) is 12.6 Å². The summed E-state index contributed by atoms with van der Waals surface area (Å²) in [7, 11) is 0. The number of ketones is 1. The number of benzene rings is 3. The van der Waals surface area contributed by atoms with Crippen LogP contribution in [-0.4, -0.2) is 12.6 Å². The van der Waals surface area contributed by atoms with Gasteiger partial charge < -0.3 is 18.9 Å². The van der Waals surface area contributed by atoms with Crippen molar-refractivity contribution in [1.29, 1.82) is 0 Å². The molecule has 8 heteroatoms. The molecule has 0 saturated carbocycles. The molecule has 0 aliphatic carbocycles. The molecule has 2 aliphatic rings. The van der Waals surface area contributed by atoms with Crippen LogP contribution in [0.25, 0.3) is 6.08 Å². The fourth-order valence-electron chi connectivity index (χ4n) is 3.84. The van der Waals surface area contributed by atoms with E-state index in [0.29, 0.717) is 55.6 Å². The number of hydrogen-bond donors (Lipinski definition) is 0. The van der Waals surface area contributed by atoms with E-state index in [4.69, 9.17) is 53.8 Å². The van der Waals surface area contributed by atoms with Crippen LogP contribution in [0.2, 0.25) is 15.1 Å². The van der Waals surface area contributed by atoms with Crippen molar-refractivity contribution in [2.45, 2.75) is 20.1 Å². The Balaban J connectivity index is 1.43. The lowest BCUT2D eigenvalue weighted by molar-refractivity contribution is -0.0165. The first-order valence-corrected chi connectivity index (χ1v) is 11.2. The molecule has 0 unspecified atom stereocenters. The summed E-state index contributed by atoms with van der Waals surface area (Å²) < 4.78 is 22.8. The average Bonchev–Trinajstić information content (AvgIpc) is 3.09. The normalized spacial score (nSPS) is 15.6. The van der Waals surface area contributed by atoms with Crippen molar-refractivity contribution in [3.63, 3.8) is 0 Å². The van der Waals surface area contributed by atoms with Crippen molar-refractivity contribution in [1.82, 2.24) is 0 Å². The van der Waals surface area contributed by atoms with Gasteiger partial charge in [-0.15, -0.1) is 0 Å². The summed E-state index contributed by atoms with van der Waals surface area (Å²) >= 11 is 18.7. The molecular formula is C25H17Cl3O5. The van der Waals surface area contributed by atoms with Crippen LogP contribution in [0.4, 0.5) is 0 Å². The Kier molecular flexibility index (Phi) is 5.97. The van der Waals surface area contributed by atoms with Crippen LogP contribution in [-0.2, 0) is 18.0 Å². The molecule has 0 atom stereocenters. The van der Waals surface area contributed by atoms with Gasteiger partial charge in [0, 0.05) is 37.8 Å². The van der Waals surface area contributed by atoms with Gasteiger partial charge in [0.1, 0.15) is 23.9 Å². The smallest absolute Gasteiger partial charge is 0.232 e. The molecule has 0 fully saturated rings. The van der Waals surface area contributed by atoms with Crippen LogP contribution < -0.4 is 14.2 Å². The second-order valence-electron chi connectivity index (χ2n) is 7.64. The van der Waals surface area contributed by atoms with E-state index in [-0.39, 0.29) is 24.9 Å². The summed E-state index contributed by atoms with van der Waals surface area (Å²) in [5.74, 6) is 1.55. The Morgan fingerprint density at radius 1 is 1.09 bits per heavy atom. The fourth-order valence-corrected chi connectivity index (χ4v) is 4.60. The van der Waals surface area contributed by atoms with Crippen LogP contribution in [0.5, 0.6) is 17.2 Å². The van der Waals surface area contributed by atoms with Gasteiger partial charge in [0.05, 0.1) is 12.2 Å². The van der Waals surface area contributed by atoms with Gasteiger partial charge in [0.25, 0.3) is 0 Å². The largest absolute Gasteiger partial charge is 0.489 e. The molecule has 0 amide bonds. The minimum absolute atomic E-state index is 0.134. The van der Waals surface area contributed by atoms with Crippen molar-refractivity contribution < 1.29 is 23.7 Å². The number of aryl methyl sites for hydroxylation is 1. The molecule has 3 aromatic carbocycles. The standard InChI is InChI=1S/C25H17Cl3O5/c1-13-5-17(31-11-18-19(27)3-2-4-20(18)28)9-21-23(13)24(29)22(33-21)8-14-6-16(26)7-15-10-30-12-32-25(14)15/h2-9H,10-12H2,1H3/b22-8-. The Morgan fingerprint density at radius 2 is 1.88 bits per heavy atom. The molecule has 2 aliphatic heterocycles. The number of halogens is 3. The number of rotatable bonds is 4. The summed E-state index contributed by atoms with van der Waals surface area (Å²) in [5.41, 5.74) is 3.38. The van der Waals surface area contributed by atoms with E-state index in [1.807, 2.05) is 6.92 Å². The van der Waals surface area contributed by atoms with E-state index < -0.39 is 0 Å². The maximum absolute atomic E-state index is 13.1. The Bertz CT molecular complexity index is 1300. The Labute approximate surface area is 205 Å². The van der Waals surface area contributed by atoms with Crippen molar-refractivity contribution >= 4 is 46.7 Å². The van der Waals surface area contributed by atoms with Gasteiger partial charge in [-0.1, -0.05) is 40.9 Å². The van der Waals surface area contributed by atoms with E-state index in [2.05, 4.69) is 0 Å². The summed E-state index contributed by atoms with van der Waals surface area (Å²) in [6.45, 7) is 2.53. The maximum atomic E-state index is 13.1. The third kappa shape index (κ3) is 4.30. The first kappa shape index (κ1) is 22.1. The first-order valence-electron chi connectivity index (χ1n) is 10.1. The molecule has 0 spiro atoms. The summed E-state index contributed by atoms with van der Waals surface area (Å²) in [6, 6.07) is 12.3. The molecule has 33 heavy (non-hydrogen) atoms. The predicted molar refractivity (Wildman–Crippen MR) is 127 cm³/mol. The minimum atomic E-state index is -0.219. The van der Waals surface area contributed by atoms with Gasteiger partial charge in [0.2, 0.25) is 5.78 Å². The van der Waals surface area contributed by atoms with E-state index in [1.165, 1.54) is 0 Å². The number of fused-ring (bicyclic) bond motifs is 2. The van der Waals surface area contributed by atoms with Crippen LogP contribution in [0, 0.1) is 6.92 Å². The zero-order valence-corrected chi connectivity index (χ0v) is 19.7. The van der Waals surface area contributed by atoms with Crippen molar-refractivity contribution in [3.05, 3.63) is 91.1 Å². The number of Topliss-reactive ketones (excluding diaryl/α,β-unsaturated/α-hetero) is 1. The lowest BCUT2D eigenvalue weighted by atomic mass is 10.0. The highest BCUT2D eigenvalue weighted by Crippen LogP contribution is 2.40. The summed E-state index contributed by atoms with van der Waals surface area (Å²) in [5, 5.41) is 1.56. The Hall–Kier alpha value is -2.70. The van der Waals surface area contributed by atoms with Crippen molar-refractivity contribution in [2.75, 3.05) is 6.79 Å². The van der Waals surface area contributed by atoms with E-state index in [1.54, 1.807) is 48.5 Å². The van der Waals surface area contributed by atoms with Crippen molar-refractivity contribution in [3.8, 4) is 17.2 Å². The fraction of sp³-hybridized carbons (Fsp3) is 0.160. The van der Waals surface area contributed by atoms with Gasteiger partial charge in [-0.3, -0.25) is 4.79 Å². The minimum Gasteiger partial charge on any atom is -0.489 e. The van der Waals surface area contributed by atoms with Gasteiger partial charge >= 0.3 is 0 Å². The Morgan fingerprint density at radius 3 is 2.67 bits per heavy atom. The number of allylic oxidation sites excluding steroid dienone is 1. The molecule has 0 saturated heterocycles. The predicted octanol–water partition coefficient (Wildman–Crippen LogP) is 7.02. The quantitative estimate of drug-likeness (QED) is 0.358. The number of hydrogen-bond acceptors (Lipinski definition) is 5. The lowest BCUT2D eigenvalue weighted by Gasteiger charge is -2.20. The zero-order valence-electron chi connectivity index (χ0n) is 17.4. The number of carbonyl (C=O) groups excluding carboxylic acids is 1. The van der Waals surface area contributed by atoms with E-state index in [0.717, 1.165) is 11.1 Å². The summed E-state index contributed by atoms with van der Waals surface area (Å²) in [6.07, 6.45) is 1.64. The van der Waals surface area contributed by atoms with E-state index >= 15 is 0 Å². The molecule has 5 rings (SSSR count). The second kappa shape index (κ2) is 8.92. The highest BCUT2D eigenvalue weighted by molar-refractivity contribution is 6.36. The van der Waals surface area contributed by atoms with Gasteiger partial charge in [-0.25, -0.2) is 0 Å². The molecule has 0 radical (unpaired) electrons. The maximum Gasteiger partial charge on any atom is 0.232 e. The first-order chi connectivity index (χ1) is 15.9. The number of carbonyl (C=O) groups is 1. The molecule has 5 nitrogen and oxygen atoms in total. The van der Waals surface area contributed by atoms with Crippen LogP contribution >= 0.6 is 34.8 Å². The highest BCUT2D eigenvalue weighted by Gasteiger charge is 2.31. The third-order valence-electron chi connectivity index (χ3n) is 5.38.